The lowest BCUT2D eigenvalue weighted by Crippen LogP contribution is -2.37. The van der Waals surface area contributed by atoms with E-state index >= 15 is 0 Å². The second kappa shape index (κ2) is 5.50. The van der Waals surface area contributed by atoms with Crippen LogP contribution in [0.25, 0.3) is 0 Å². The third kappa shape index (κ3) is 4.06. The summed E-state index contributed by atoms with van der Waals surface area (Å²) in [7, 11) is -2.78. The molecular formula is C12H25NO2S. The van der Waals surface area contributed by atoms with Crippen LogP contribution in [-0.4, -0.2) is 33.0 Å². The van der Waals surface area contributed by atoms with Gasteiger partial charge in [-0.15, -0.1) is 0 Å². The first-order valence-electron chi connectivity index (χ1n) is 6.30. The fourth-order valence-corrected chi connectivity index (χ4v) is 4.94. The van der Waals surface area contributed by atoms with Crippen LogP contribution >= 0.6 is 0 Å². The van der Waals surface area contributed by atoms with E-state index in [4.69, 9.17) is 0 Å². The Balaban J connectivity index is 2.63. The van der Waals surface area contributed by atoms with E-state index in [-0.39, 0.29) is 5.41 Å². The van der Waals surface area contributed by atoms with Crippen LogP contribution in [0.2, 0.25) is 0 Å². The molecule has 0 aromatic carbocycles. The van der Waals surface area contributed by atoms with E-state index in [0.29, 0.717) is 17.4 Å². The fraction of sp³-hybridized carbons (Fsp3) is 1.00. The quantitative estimate of drug-likeness (QED) is 0.729. The molecule has 3 nitrogen and oxygen atoms in total. The van der Waals surface area contributed by atoms with Crippen molar-refractivity contribution < 1.29 is 8.42 Å². The van der Waals surface area contributed by atoms with Gasteiger partial charge >= 0.3 is 0 Å². The van der Waals surface area contributed by atoms with Crippen LogP contribution in [0.3, 0.4) is 0 Å². The van der Waals surface area contributed by atoms with Crippen LogP contribution in [-0.2, 0) is 9.84 Å². The summed E-state index contributed by atoms with van der Waals surface area (Å²) in [6, 6.07) is 0. The summed E-state index contributed by atoms with van der Waals surface area (Å²) in [4.78, 5) is 0. The summed E-state index contributed by atoms with van der Waals surface area (Å²) in [5.41, 5.74) is 0.00215. The molecule has 1 heterocycles. The molecule has 0 aromatic rings. The van der Waals surface area contributed by atoms with Crippen molar-refractivity contribution in [2.45, 2.75) is 40.0 Å². The van der Waals surface area contributed by atoms with Crippen molar-refractivity contribution in [3.63, 3.8) is 0 Å². The molecule has 0 aromatic heterocycles. The lowest BCUT2D eigenvalue weighted by Gasteiger charge is -2.30. The highest BCUT2D eigenvalue weighted by Gasteiger charge is 2.41. The monoisotopic (exact) mass is 247 g/mol. The molecule has 1 unspecified atom stereocenters. The van der Waals surface area contributed by atoms with Gasteiger partial charge in [0.2, 0.25) is 0 Å². The number of hydrogen-bond acceptors (Lipinski definition) is 3. The molecule has 1 atom stereocenters. The van der Waals surface area contributed by atoms with E-state index in [1.165, 1.54) is 0 Å². The van der Waals surface area contributed by atoms with Gasteiger partial charge < -0.3 is 5.32 Å². The van der Waals surface area contributed by atoms with Crippen molar-refractivity contribution in [1.82, 2.24) is 5.32 Å². The van der Waals surface area contributed by atoms with Gasteiger partial charge in [0, 0.05) is 6.54 Å². The minimum Gasteiger partial charge on any atom is -0.316 e. The van der Waals surface area contributed by atoms with E-state index in [2.05, 4.69) is 26.1 Å². The van der Waals surface area contributed by atoms with Crippen molar-refractivity contribution in [2.24, 2.45) is 11.3 Å². The molecule has 1 aliphatic rings. The molecule has 1 aliphatic heterocycles. The van der Waals surface area contributed by atoms with Crippen molar-refractivity contribution >= 4 is 9.84 Å². The number of sulfone groups is 1. The van der Waals surface area contributed by atoms with Crippen LogP contribution in [0.15, 0.2) is 0 Å². The maximum atomic E-state index is 11.6. The molecule has 0 amide bonds. The molecule has 0 spiro atoms. The lowest BCUT2D eigenvalue weighted by atomic mass is 9.79. The van der Waals surface area contributed by atoms with Gasteiger partial charge in [-0.05, 0) is 37.1 Å². The number of rotatable bonds is 6. The molecular weight excluding hydrogens is 222 g/mol. The molecule has 1 fully saturated rings. The minimum absolute atomic E-state index is 0.00215. The van der Waals surface area contributed by atoms with Crippen molar-refractivity contribution in [2.75, 3.05) is 24.6 Å². The van der Waals surface area contributed by atoms with Gasteiger partial charge in [-0.2, -0.15) is 0 Å². The molecule has 0 bridgehead atoms. The molecule has 1 N–H and O–H groups in total. The van der Waals surface area contributed by atoms with Gasteiger partial charge in [-0.3, -0.25) is 0 Å². The highest BCUT2D eigenvalue weighted by atomic mass is 32.2. The summed E-state index contributed by atoms with van der Waals surface area (Å²) >= 11 is 0. The summed E-state index contributed by atoms with van der Waals surface area (Å²) < 4.78 is 23.3. The smallest absolute Gasteiger partial charge is 0.150 e. The van der Waals surface area contributed by atoms with Gasteiger partial charge in [0.25, 0.3) is 0 Å². The Morgan fingerprint density at radius 2 is 2.06 bits per heavy atom. The Morgan fingerprint density at radius 3 is 2.50 bits per heavy atom. The zero-order valence-corrected chi connectivity index (χ0v) is 11.6. The first-order chi connectivity index (χ1) is 7.39. The lowest BCUT2D eigenvalue weighted by molar-refractivity contribution is 0.253. The topological polar surface area (TPSA) is 46.2 Å². The van der Waals surface area contributed by atoms with E-state index in [0.717, 1.165) is 32.4 Å². The van der Waals surface area contributed by atoms with Gasteiger partial charge in [0.1, 0.15) is 0 Å². The van der Waals surface area contributed by atoms with Gasteiger partial charge in [-0.25, -0.2) is 8.42 Å². The summed E-state index contributed by atoms with van der Waals surface area (Å²) in [5, 5.41) is 3.40. The van der Waals surface area contributed by atoms with Gasteiger partial charge in [0.05, 0.1) is 11.5 Å². The predicted molar refractivity (Wildman–Crippen MR) is 68.3 cm³/mol. The average Bonchev–Trinajstić information content (AvgIpc) is 2.41. The standard InChI is InChI=1S/C12H25NO2S/c1-4-6-13-9-12(8-11(2)3)5-7-16(14,15)10-12/h11,13H,4-10H2,1-3H3. The average molecular weight is 247 g/mol. The summed E-state index contributed by atoms with van der Waals surface area (Å²) in [5.74, 6) is 1.33. The summed E-state index contributed by atoms with van der Waals surface area (Å²) in [6.45, 7) is 8.32. The number of hydrogen-bond donors (Lipinski definition) is 1. The van der Waals surface area contributed by atoms with Gasteiger partial charge in [0.15, 0.2) is 9.84 Å². The first kappa shape index (κ1) is 14.0. The largest absolute Gasteiger partial charge is 0.316 e. The Hall–Kier alpha value is -0.0900. The highest BCUT2D eigenvalue weighted by molar-refractivity contribution is 7.91. The maximum Gasteiger partial charge on any atom is 0.150 e. The highest BCUT2D eigenvalue weighted by Crippen LogP contribution is 2.37. The molecule has 16 heavy (non-hydrogen) atoms. The fourth-order valence-electron chi connectivity index (χ4n) is 2.75. The normalized spacial score (nSPS) is 28.8. The molecule has 0 saturated carbocycles. The first-order valence-corrected chi connectivity index (χ1v) is 8.12. The van der Waals surface area contributed by atoms with E-state index in [1.54, 1.807) is 0 Å². The zero-order chi connectivity index (χ0) is 12.2. The Bertz CT molecular complexity index is 311. The minimum atomic E-state index is -2.78. The third-order valence-electron chi connectivity index (χ3n) is 3.24. The maximum absolute atomic E-state index is 11.6. The molecule has 0 radical (unpaired) electrons. The van der Waals surface area contributed by atoms with Crippen LogP contribution < -0.4 is 5.32 Å². The Kier molecular flexibility index (Phi) is 4.80. The van der Waals surface area contributed by atoms with Crippen molar-refractivity contribution in [1.29, 1.82) is 0 Å². The zero-order valence-electron chi connectivity index (χ0n) is 10.8. The van der Waals surface area contributed by atoms with Crippen LogP contribution in [0.4, 0.5) is 0 Å². The predicted octanol–water partition coefficient (Wildman–Crippen LogP) is 1.84. The SMILES string of the molecule is CCCNCC1(CC(C)C)CCS(=O)(=O)C1. The molecule has 1 saturated heterocycles. The van der Waals surface area contributed by atoms with Crippen molar-refractivity contribution in [3.8, 4) is 0 Å². The molecule has 0 aliphatic carbocycles. The van der Waals surface area contributed by atoms with Crippen LogP contribution in [0, 0.1) is 11.3 Å². The van der Waals surface area contributed by atoms with E-state index in [1.807, 2.05) is 0 Å². The molecule has 1 rings (SSSR count). The van der Waals surface area contributed by atoms with Crippen molar-refractivity contribution in [3.05, 3.63) is 0 Å². The molecule has 4 heteroatoms. The molecule has 96 valence electrons. The van der Waals surface area contributed by atoms with E-state index in [9.17, 15) is 8.42 Å². The summed E-state index contributed by atoms with van der Waals surface area (Å²) in [6.07, 6.45) is 2.96. The van der Waals surface area contributed by atoms with Crippen LogP contribution in [0.1, 0.15) is 40.0 Å². The van der Waals surface area contributed by atoms with E-state index < -0.39 is 9.84 Å². The Morgan fingerprint density at radius 1 is 1.38 bits per heavy atom. The second-order valence-corrected chi connectivity index (χ2v) is 7.80. The van der Waals surface area contributed by atoms with Crippen LogP contribution in [0.5, 0.6) is 0 Å². The third-order valence-corrected chi connectivity index (χ3v) is 5.12. The second-order valence-electron chi connectivity index (χ2n) is 5.62. The number of nitrogens with one attached hydrogen (secondary N) is 1. The van der Waals surface area contributed by atoms with Gasteiger partial charge in [-0.1, -0.05) is 20.8 Å². The Labute approximate surface area is 99.9 Å².